The number of hydrogen-bond donors (Lipinski definition) is 1. The van der Waals surface area contributed by atoms with Gasteiger partial charge in [-0.1, -0.05) is 19.3 Å². The van der Waals surface area contributed by atoms with Crippen LogP contribution in [-0.2, 0) is 0 Å². The van der Waals surface area contributed by atoms with Crippen molar-refractivity contribution < 1.29 is 0 Å². The van der Waals surface area contributed by atoms with Gasteiger partial charge in [-0.3, -0.25) is 4.40 Å². The first-order chi connectivity index (χ1) is 8.34. The van der Waals surface area contributed by atoms with Crippen molar-refractivity contribution in [3.8, 4) is 0 Å². The molecule has 5 heteroatoms. The zero-order valence-corrected chi connectivity index (χ0v) is 10.1. The highest BCUT2D eigenvalue weighted by molar-refractivity contribution is 5.62. The molecule has 1 aliphatic carbocycles. The van der Waals surface area contributed by atoms with Crippen LogP contribution in [0.25, 0.3) is 5.65 Å². The first-order valence-corrected chi connectivity index (χ1v) is 6.27. The highest BCUT2D eigenvalue weighted by Gasteiger charge is 2.16. The zero-order chi connectivity index (χ0) is 11.7. The average molecular weight is 231 g/mol. The van der Waals surface area contributed by atoms with Crippen LogP contribution in [0.15, 0.2) is 12.4 Å². The third kappa shape index (κ3) is 1.97. The van der Waals surface area contributed by atoms with E-state index in [9.17, 15) is 0 Å². The summed E-state index contributed by atoms with van der Waals surface area (Å²) in [5.74, 6) is 1.76. The van der Waals surface area contributed by atoms with Gasteiger partial charge >= 0.3 is 0 Å². The van der Waals surface area contributed by atoms with Crippen LogP contribution in [0.4, 0.5) is 5.82 Å². The van der Waals surface area contributed by atoms with Crippen LogP contribution in [0, 0.1) is 6.92 Å². The largest absolute Gasteiger partial charge is 0.364 e. The molecule has 0 aliphatic heterocycles. The van der Waals surface area contributed by atoms with Crippen LogP contribution in [0.2, 0.25) is 0 Å². The molecule has 0 bridgehead atoms. The van der Waals surface area contributed by atoms with E-state index in [0.29, 0.717) is 6.04 Å². The maximum atomic E-state index is 4.38. The Kier molecular flexibility index (Phi) is 2.66. The molecule has 0 spiro atoms. The Bertz CT molecular complexity index is 513. The first kappa shape index (κ1) is 10.5. The molecule has 0 atom stereocenters. The predicted molar refractivity (Wildman–Crippen MR) is 66.0 cm³/mol. The second kappa shape index (κ2) is 4.31. The normalized spacial score (nSPS) is 17.5. The highest BCUT2D eigenvalue weighted by atomic mass is 15.3. The molecule has 3 rings (SSSR count). The van der Waals surface area contributed by atoms with E-state index in [1.807, 2.05) is 17.5 Å². The Balaban J connectivity index is 1.89. The molecule has 90 valence electrons. The number of aromatic nitrogens is 4. The number of anilines is 1. The Labute approximate surface area is 100 Å². The SMILES string of the molecule is Cc1nnc2c(NC3CCCCC3)nccn12. The third-order valence-corrected chi connectivity index (χ3v) is 3.44. The topological polar surface area (TPSA) is 55.1 Å². The van der Waals surface area contributed by atoms with Gasteiger partial charge in [-0.05, 0) is 19.8 Å². The van der Waals surface area contributed by atoms with Crippen molar-refractivity contribution >= 4 is 11.5 Å². The summed E-state index contributed by atoms with van der Waals surface area (Å²) in [6.45, 7) is 1.95. The molecule has 0 amide bonds. The molecule has 0 aromatic carbocycles. The Hall–Kier alpha value is -1.65. The van der Waals surface area contributed by atoms with Crippen LogP contribution in [-0.4, -0.2) is 25.6 Å². The maximum absolute atomic E-state index is 4.38. The molecular weight excluding hydrogens is 214 g/mol. The fourth-order valence-corrected chi connectivity index (χ4v) is 2.48. The van der Waals surface area contributed by atoms with Crippen molar-refractivity contribution in [3.63, 3.8) is 0 Å². The number of nitrogens with one attached hydrogen (secondary N) is 1. The predicted octanol–water partition coefficient (Wildman–Crippen LogP) is 2.18. The molecule has 2 aromatic rings. The molecule has 5 nitrogen and oxygen atoms in total. The van der Waals surface area contributed by atoms with E-state index < -0.39 is 0 Å². The lowest BCUT2D eigenvalue weighted by Gasteiger charge is -2.23. The molecule has 1 fully saturated rings. The second-order valence-electron chi connectivity index (χ2n) is 4.70. The lowest BCUT2D eigenvalue weighted by Crippen LogP contribution is -2.23. The molecule has 1 saturated carbocycles. The molecule has 1 aliphatic rings. The minimum atomic E-state index is 0.541. The van der Waals surface area contributed by atoms with Gasteiger partial charge in [0.15, 0.2) is 5.82 Å². The van der Waals surface area contributed by atoms with E-state index >= 15 is 0 Å². The summed E-state index contributed by atoms with van der Waals surface area (Å²) >= 11 is 0. The molecular formula is C12H17N5. The Morgan fingerprint density at radius 1 is 1.24 bits per heavy atom. The van der Waals surface area contributed by atoms with E-state index in [4.69, 9.17) is 0 Å². The number of aryl methyl sites for hydroxylation is 1. The lowest BCUT2D eigenvalue weighted by molar-refractivity contribution is 0.462. The standard InChI is InChI=1S/C12H17N5/c1-9-15-16-12-11(13-7-8-17(9)12)14-10-5-3-2-4-6-10/h7-8,10H,2-6H2,1H3,(H,13,14). The molecule has 2 aromatic heterocycles. The number of hydrogen-bond acceptors (Lipinski definition) is 4. The summed E-state index contributed by atoms with van der Waals surface area (Å²) in [5.41, 5.74) is 0.829. The molecule has 2 heterocycles. The van der Waals surface area contributed by atoms with Gasteiger partial charge in [-0.2, -0.15) is 0 Å². The van der Waals surface area contributed by atoms with E-state index in [1.54, 1.807) is 6.20 Å². The monoisotopic (exact) mass is 231 g/mol. The van der Waals surface area contributed by atoms with Gasteiger partial charge in [0, 0.05) is 18.4 Å². The first-order valence-electron chi connectivity index (χ1n) is 6.27. The van der Waals surface area contributed by atoms with Crippen LogP contribution >= 0.6 is 0 Å². The van der Waals surface area contributed by atoms with Gasteiger partial charge in [0.1, 0.15) is 5.82 Å². The van der Waals surface area contributed by atoms with Crippen LogP contribution in [0.3, 0.4) is 0 Å². The summed E-state index contributed by atoms with van der Waals surface area (Å²) in [6, 6.07) is 0.541. The third-order valence-electron chi connectivity index (χ3n) is 3.44. The minimum absolute atomic E-state index is 0.541. The minimum Gasteiger partial charge on any atom is -0.364 e. The number of rotatable bonds is 2. The molecule has 0 unspecified atom stereocenters. The Morgan fingerprint density at radius 3 is 2.88 bits per heavy atom. The molecule has 0 radical (unpaired) electrons. The fourth-order valence-electron chi connectivity index (χ4n) is 2.48. The molecule has 17 heavy (non-hydrogen) atoms. The van der Waals surface area contributed by atoms with E-state index in [1.165, 1.54) is 32.1 Å². The summed E-state index contributed by atoms with van der Waals surface area (Å²) in [7, 11) is 0. The average Bonchev–Trinajstić information content (AvgIpc) is 2.74. The van der Waals surface area contributed by atoms with Gasteiger partial charge < -0.3 is 5.32 Å². The summed E-state index contributed by atoms with van der Waals surface area (Å²) in [4.78, 5) is 4.38. The van der Waals surface area contributed by atoms with Crippen molar-refractivity contribution in [2.45, 2.75) is 45.1 Å². The summed E-state index contributed by atoms with van der Waals surface area (Å²) in [5, 5.41) is 11.8. The van der Waals surface area contributed by atoms with Crippen molar-refractivity contribution in [3.05, 3.63) is 18.2 Å². The van der Waals surface area contributed by atoms with Crippen LogP contribution in [0.5, 0.6) is 0 Å². The zero-order valence-electron chi connectivity index (χ0n) is 10.1. The quantitative estimate of drug-likeness (QED) is 0.860. The summed E-state index contributed by atoms with van der Waals surface area (Å²) in [6.07, 6.45) is 10.1. The van der Waals surface area contributed by atoms with Gasteiger partial charge in [-0.25, -0.2) is 4.98 Å². The lowest BCUT2D eigenvalue weighted by atomic mass is 9.95. The van der Waals surface area contributed by atoms with Gasteiger partial charge in [0.2, 0.25) is 5.65 Å². The maximum Gasteiger partial charge on any atom is 0.203 e. The fraction of sp³-hybridized carbons (Fsp3) is 0.583. The van der Waals surface area contributed by atoms with E-state index in [2.05, 4.69) is 20.5 Å². The van der Waals surface area contributed by atoms with E-state index in [0.717, 1.165) is 17.3 Å². The smallest absolute Gasteiger partial charge is 0.203 e. The highest BCUT2D eigenvalue weighted by Crippen LogP contribution is 2.22. The Morgan fingerprint density at radius 2 is 2.06 bits per heavy atom. The molecule has 0 saturated heterocycles. The molecule has 1 N–H and O–H groups in total. The van der Waals surface area contributed by atoms with Gasteiger partial charge in [0.05, 0.1) is 0 Å². The number of fused-ring (bicyclic) bond motifs is 1. The van der Waals surface area contributed by atoms with Gasteiger partial charge in [0.25, 0.3) is 0 Å². The van der Waals surface area contributed by atoms with Crippen LogP contribution in [0.1, 0.15) is 37.9 Å². The summed E-state index contributed by atoms with van der Waals surface area (Å²) < 4.78 is 1.97. The second-order valence-corrected chi connectivity index (χ2v) is 4.70. The van der Waals surface area contributed by atoms with Crippen LogP contribution < -0.4 is 5.32 Å². The van der Waals surface area contributed by atoms with Crippen molar-refractivity contribution in [1.29, 1.82) is 0 Å². The van der Waals surface area contributed by atoms with Crippen molar-refractivity contribution in [2.75, 3.05) is 5.32 Å². The number of nitrogens with zero attached hydrogens (tertiary/aromatic N) is 4. The van der Waals surface area contributed by atoms with Gasteiger partial charge in [-0.15, -0.1) is 10.2 Å². The van der Waals surface area contributed by atoms with Crippen molar-refractivity contribution in [1.82, 2.24) is 19.6 Å². The van der Waals surface area contributed by atoms with E-state index in [-0.39, 0.29) is 0 Å². The van der Waals surface area contributed by atoms with Crippen molar-refractivity contribution in [2.24, 2.45) is 0 Å².